The van der Waals surface area contributed by atoms with Gasteiger partial charge in [-0.2, -0.15) is 0 Å². The number of nitrogens with zero attached hydrogens (tertiary/aromatic N) is 2. The molecule has 1 aliphatic heterocycles. The summed E-state index contributed by atoms with van der Waals surface area (Å²) in [6, 6.07) is 19.3. The van der Waals surface area contributed by atoms with Gasteiger partial charge < -0.3 is 19.0 Å². The number of carbonyl (C=O) groups excluding carboxylic acids is 1. The van der Waals surface area contributed by atoms with E-state index in [0.717, 1.165) is 40.1 Å². The molecule has 1 fully saturated rings. The fourth-order valence-electron chi connectivity index (χ4n) is 4.96. The maximum atomic E-state index is 13.6. The molecule has 7 heteroatoms. The van der Waals surface area contributed by atoms with Gasteiger partial charge in [0.1, 0.15) is 11.4 Å². The van der Waals surface area contributed by atoms with Crippen LogP contribution in [0.3, 0.4) is 0 Å². The van der Waals surface area contributed by atoms with E-state index in [4.69, 9.17) is 9.15 Å². The van der Waals surface area contributed by atoms with Crippen molar-refractivity contribution < 1.29 is 13.9 Å². The van der Waals surface area contributed by atoms with Crippen LogP contribution in [0.1, 0.15) is 24.2 Å². The van der Waals surface area contributed by atoms with Crippen LogP contribution >= 0.6 is 0 Å². The summed E-state index contributed by atoms with van der Waals surface area (Å²) < 4.78 is 11.6. The molecule has 1 amide bonds. The number of nitrogens with one attached hydrogen (secondary N) is 1. The first-order chi connectivity index (χ1) is 17.2. The molecule has 176 valence electrons. The van der Waals surface area contributed by atoms with Gasteiger partial charge in [-0.15, -0.1) is 0 Å². The van der Waals surface area contributed by atoms with Crippen LogP contribution in [0.25, 0.3) is 32.6 Å². The van der Waals surface area contributed by atoms with Crippen LogP contribution in [-0.4, -0.2) is 40.0 Å². The first-order valence-corrected chi connectivity index (χ1v) is 11.9. The highest BCUT2D eigenvalue weighted by atomic mass is 16.5. The highest BCUT2D eigenvalue weighted by Crippen LogP contribution is 2.30. The Morgan fingerprint density at radius 3 is 2.74 bits per heavy atom. The molecular weight excluding hydrogens is 442 g/mol. The van der Waals surface area contributed by atoms with Crippen molar-refractivity contribution in [2.75, 3.05) is 13.2 Å². The smallest absolute Gasteiger partial charge is 0.258 e. The van der Waals surface area contributed by atoms with Crippen molar-refractivity contribution in [2.24, 2.45) is 0 Å². The van der Waals surface area contributed by atoms with Gasteiger partial charge in [-0.1, -0.05) is 42.5 Å². The molecule has 0 saturated carbocycles. The minimum atomic E-state index is -0.206. The summed E-state index contributed by atoms with van der Waals surface area (Å²) >= 11 is 0. The Bertz CT molecular complexity index is 1600. The van der Waals surface area contributed by atoms with Crippen LogP contribution in [0, 0.1) is 0 Å². The number of rotatable bonds is 6. The molecule has 3 aromatic carbocycles. The minimum absolute atomic E-state index is 0.0203. The number of fused-ring (bicyclic) bond motifs is 4. The van der Waals surface area contributed by atoms with E-state index >= 15 is 0 Å². The fourth-order valence-corrected chi connectivity index (χ4v) is 4.96. The topological polar surface area (TPSA) is 88.4 Å². The molecule has 1 N–H and O–H groups in total. The maximum Gasteiger partial charge on any atom is 0.258 e. The second-order valence-electron chi connectivity index (χ2n) is 9.04. The Balaban J connectivity index is 1.33. The first-order valence-electron chi connectivity index (χ1n) is 11.9. The van der Waals surface area contributed by atoms with E-state index < -0.39 is 0 Å². The molecule has 1 saturated heterocycles. The fraction of sp³-hybridized carbons (Fsp3) is 0.250. The lowest BCUT2D eigenvalue weighted by Crippen LogP contribution is -2.38. The second-order valence-corrected chi connectivity index (χ2v) is 9.04. The lowest BCUT2D eigenvalue weighted by molar-refractivity contribution is -0.132. The van der Waals surface area contributed by atoms with Crippen LogP contribution in [0.15, 0.2) is 76.1 Å². The van der Waals surface area contributed by atoms with Crippen molar-refractivity contribution in [3.8, 4) is 0 Å². The SMILES string of the molecule is O=C(Cc1coc2ccc3ccccc3c12)N(Cc1nc2ccccc2c(=O)[nH]1)CC1CCCO1. The number of amides is 1. The zero-order valence-corrected chi connectivity index (χ0v) is 19.2. The summed E-state index contributed by atoms with van der Waals surface area (Å²) in [6.07, 6.45) is 3.73. The quantitative estimate of drug-likeness (QED) is 0.395. The van der Waals surface area contributed by atoms with Gasteiger partial charge >= 0.3 is 0 Å². The van der Waals surface area contributed by atoms with Gasteiger partial charge in [0.2, 0.25) is 5.91 Å². The van der Waals surface area contributed by atoms with Gasteiger partial charge in [0.25, 0.3) is 5.56 Å². The Kier molecular flexibility index (Phi) is 5.54. The van der Waals surface area contributed by atoms with Crippen molar-refractivity contribution in [1.82, 2.24) is 14.9 Å². The van der Waals surface area contributed by atoms with Crippen LogP contribution in [0.4, 0.5) is 0 Å². The van der Waals surface area contributed by atoms with Crippen LogP contribution < -0.4 is 5.56 Å². The number of carbonyl (C=O) groups is 1. The number of hydrogen-bond acceptors (Lipinski definition) is 5. The molecule has 3 heterocycles. The number of ether oxygens (including phenoxy) is 1. The third kappa shape index (κ3) is 4.19. The van der Waals surface area contributed by atoms with Gasteiger partial charge in [-0.25, -0.2) is 4.98 Å². The zero-order valence-electron chi connectivity index (χ0n) is 19.2. The van der Waals surface area contributed by atoms with Crippen LogP contribution in [-0.2, 0) is 22.5 Å². The second kappa shape index (κ2) is 9.00. The van der Waals surface area contributed by atoms with Crippen molar-refractivity contribution in [3.05, 3.63) is 88.7 Å². The molecule has 1 aliphatic rings. The Labute approximate surface area is 201 Å². The van der Waals surface area contributed by atoms with E-state index in [1.54, 1.807) is 17.2 Å². The lowest BCUT2D eigenvalue weighted by atomic mass is 10.0. The zero-order chi connectivity index (χ0) is 23.8. The number of hydrogen-bond donors (Lipinski definition) is 1. The minimum Gasteiger partial charge on any atom is -0.464 e. The summed E-state index contributed by atoms with van der Waals surface area (Å²) in [5, 5.41) is 3.66. The summed E-state index contributed by atoms with van der Waals surface area (Å²) in [6.45, 7) is 1.36. The highest BCUT2D eigenvalue weighted by molar-refractivity contribution is 6.08. The first kappa shape index (κ1) is 21.6. The van der Waals surface area contributed by atoms with Crippen LogP contribution in [0.5, 0.6) is 0 Å². The van der Waals surface area contributed by atoms with Crippen molar-refractivity contribution in [3.63, 3.8) is 0 Å². The van der Waals surface area contributed by atoms with Crippen LogP contribution in [0.2, 0.25) is 0 Å². The monoisotopic (exact) mass is 467 g/mol. The summed E-state index contributed by atoms with van der Waals surface area (Å²) in [5.74, 6) is 0.398. The van der Waals surface area contributed by atoms with Crippen molar-refractivity contribution >= 4 is 38.6 Å². The average Bonchev–Trinajstić information content (AvgIpc) is 3.54. The molecule has 0 radical (unpaired) electrons. The molecule has 1 atom stereocenters. The lowest BCUT2D eigenvalue weighted by Gasteiger charge is -2.25. The van der Waals surface area contributed by atoms with Gasteiger partial charge in [0, 0.05) is 24.1 Å². The molecule has 6 rings (SSSR count). The summed E-state index contributed by atoms with van der Waals surface area (Å²) in [7, 11) is 0. The summed E-state index contributed by atoms with van der Waals surface area (Å²) in [4.78, 5) is 35.4. The van der Waals surface area contributed by atoms with E-state index in [1.807, 2.05) is 42.5 Å². The highest BCUT2D eigenvalue weighted by Gasteiger charge is 2.25. The molecule has 1 unspecified atom stereocenters. The van der Waals surface area contributed by atoms with E-state index in [9.17, 15) is 9.59 Å². The molecule has 0 bridgehead atoms. The van der Waals surface area contributed by atoms with Gasteiger partial charge in [-0.05, 0) is 41.8 Å². The predicted octanol–water partition coefficient (Wildman–Crippen LogP) is 4.57. The molecule has 0 aliphatic carbocycles. The van der Waals surface area contributed by atoms with E-state index in [0.29, 0.717) is 29.9 Å². The molecule has 7 nitrogen and oxygen atoms in total. The largest absolute Gasteiger partial charge is 0.464 e. The molecule has 35 heavy (non-hydrogen) atoms. The van der Waals surface area contributed by atoms with E-state index in [2.05, 4.69) is 22.1 Å². The van der Waals surface area contributed by atoms with Gasteiger partial charge in [0.15, 0.2) is 0 Å². The molecular formula is C28H25N3O4. The predicted molar refractivity (Wildman–Crippen MR) is 134 cm³/mol. The van der Waals surface area contributed by atoms with Crippen molar-refractivity contribution in [2.45, 2.75) is 31.9 Å². The van der Waals surface area contributed by atoms with E-state index in [-0.39, 0.29) is 30.5 Å². The third-order valence-corrected chi connectivity index (χ3v) is 6.68. The number of furan rings is 1. The number of aromatic nitrogens is 2. The number of benzene rings is 3. The molecule has 2 aromatic heterocycles. The molecule has 0 spiro atoms. The Morgan fingerprint density at radius 1 is 1.06 bits per heavy atom. The normalized spacial score (nSPS) is 15.8. The Hall–Kier alpha value is -3.97. The maximum absolute atomic E-state index is 13.6. The third-order valence-electron chi connectivity index (χ3n) is 6.68. The van der Waals surface area contributed by atoms with E-state index in [1.165, 1.54) is 0 Å². The number of H-pyrrole nitrogens is 1. The van der Waals surface area contributed by atoms with Crippen molar-refractivity contribution in [1.29, 1.82) is 0 Å². The van der Waals surface area contributed by atoms with Gasteiger partial charge in [0.05, 0.1) is 36.2 Å². The number of para-hydroxylation sites is 1. The van der Waals surface area contributed by atoms with Gasteiger partial charge in [-0.3, -0.25) is 9.59 Å². The number of aromatic amines is 1. The molecule has 5 aromatic rings. The average molecular weight is 468 g/mol. The summed E-state index contributed by atoms with van der Waals surface area (Å²) in [5.41, 5.74) is 2.02. The standard InChI is InChI=1S/C28H25N3O4/c32-26(14-19-17-35-24-12-11-18-6-1-2-8-21(18)27(19)24)31(15-20-7-5-13-34-20)16-25-29-23-10-4-3-9-22(23)28(33)30-25/h1-4,6,8-12,17,20H,5,7,13-16H2,(H,29,30,33). The Morgan fingerprint density at radius 2 is 1.89 bits per heavy atom.